The van der Waals surface area contributed by atoms with E-state index in [9.17, 15) is 9.59 Å². The molecule has 0 unspecified atom stereocenters. The summed E-state index contributed by atoms with van der Waals surface area (Å²) in [7, 11) is 1.31. The fourth-order valence-electron chi connectivity index (χ4n) is 1.55. The van der Waals surface area contributed by atoms with E-state index < -0.39 is 12.1 Å². The van der Waals surface area contributed by atoms with Crippen LogP contribution < -0.4 is 10.1 Å². The van der Waals surface area contributed by atoms with Gasteiger partial charge >= 0.3 is 12.1 Å². The SMILES string of the molecule is COC(=O)c1ccc(OC(=O)Nc2ccccc2)cc1. The van der Waals surface area contributed by atoms with Crippen molar-refractivity contribution in [2.75, 3.05) is 12.4 Å². The van der Waals surface area contributed by atoms with E-state index in [2.05, 4.69) is 10.1 Å². The van der Waals surface area contributed by atoms with Gasteiger partial charge in [0.05, 0.1) is 12.7 Å². The van der Waals surface area contributed by atoms with Crippen molar-refractivity contribution in [3.05, 3.63) is 60.2 Å². The van der Waals surface area contributed by atoms with Crippen LogP contribution in [0.2, 0.25) is 0 Å². The van der Waals surface area contributed by atoms with E-state index in [0.29, 0.717) is 17.0 Å². The molecule has 5 heteroatoms. The van der Waals surface area contributed by atoms with Gasteiger partial charge in [-0.25, -0.2) is 9.59 Å². The molecule has 5 nitrogen and oxygen atoms in total. The molecule has 1 N–H and O–H groups in total. The topological polar surface area (TPSA) is 64.6 Å². The summed E-state index contributed by atoms with van der Waals surface area (Å²) in [6.07, 6.45) is -0.595. The van der Waals surface area contributed by atoms with Gasteiger partial charge in [-0.05, 0) is 36.4 Å². The molecule has 0 heterocycles. The maximum atomic E-state index is 11.6. The molecule has 0 aliphatic heterocycles. The van der Waals surface area contributed by atoms with Gasteiger partial charge in [0.25, 0.3) is 0 Å². The third-order valence-corrected chi connectivity index (χ3v) is 2.51. The van der Waals surface area contributed by atoms with Gasteiger partial charge < -0.3 is 9.47 Å². The van der Waals surface area contributed by atoms with Crippen LogP contribution in [0.3, 0.4) is 0 Å². The Hall–Kier alpha value is -2.82. The van der Waals surface area contributed by atoms with Gasteiger partial charge in [-0.15, -0.1) is 0 Å². The van der Waals surface area contributed by atoms with E-state index in [1.165, 1.54) is 31.4 Å². The molecule has 0 aromatic heterocycles. The Kier molecular flexibility index (Phi) is 4.34. The van der Waals surface area contributed by atoms with Crippen LogP contribution in [-0.2, 0) is 4.74 Å². The Morgan fingerprint density at radius 3 is 2.20 bits per heavy atom. The monoisotopic (exact) mass is 271 g/mol. The van der Waals surface area contributed by atoms with Crippen LogP contribution >= 0.6 is 0 Å². The van der Waals surface area contributed by atoms with Crippen molar-refractivity contribution < 1.29 is 19.1 Å². The van der Waals surface area contributed by atoms with Gasteiger partial charge in [0, 0.05) is 5.69 Å². The first-order chi connectivity index (χ1) is 9.69. The minimum absolute atomic E-state index is 0.339. The number of para-hydroxylation sites is 1. The summed E-state index contributed by atoms with van der Waals surface area (Å²) in [4.78, 5) is 22.9. The number of rotatable bonds is 3. The van der Waals surface area contributed by atoms with Crippen LogP contribution in [-0.4, -0.2) is 19.2 Å². The van der Waals surface area contributed by atoms with Gasteiger partial charge in [-0.1, -0.05) is 18.2 Å². The molecule has 2 aromatic carbocycles. The van der Waals surface area contributed by atoms with Crippen molar-refractivity contribution in [1.82, 2.24) is 0 Å². The predicted molar refractivity (Wildman–Crippen MR) is 73.9 cm³/mol. The molecule has 2 aromatic rings. The standard InChI is InChI=1S/C15H13NO4/c1-19-14(17)11-7-9-13(10-8-11)20-15(18)16-12-5-3-2-4-6-12/h2-10H,1H3,(H,16,18). The third kappa shape index (κ3) is 3.58. The first kappa shape index (κ1) is 13.6. The fourth-order valence-corrected chi connectivity index (χ4v) is 1.55. The summed E-state index contributed by atoms with van der Waals surface area (Å²) in [6.45, 7) is 0. The molecule has 0 spiro atoms. The number of esters is 1. The molecule has 1 amide bonds. The van der Waals surface area contributed by atoms with Gasteiger partial charge in [0.1, 0.15) is 5.75 Å². The van der Waals surface area contributed by atoms with Gasteiger partial charge in [0.2, 0.25) is 0 Å². The molecule has 2 rings (SSSR count). The summed E-state index contributed by atoms with van der Waals surface area (Å²) in [5, 5.41) is 2.59. The van der Waals surface area contributed by atoms with Crippen LogP contribution in [0.25, 0.3) is 0 Å². The molecule has 0 radical (unpaired) electrons. The van der Waals surface area contributed by atoms with Crippen LogP contribution in [0, 0.1) is 0 Å². The van der Waals surface area contributed by atoms with Crippen LogP contribution in [0.15, 0.2) is 54.6 Å². The summed E-state index contributed by atoms with van der Waals surface area (Å²) < 4.78 is 9.66. The number of anilines is 1. The first-order valence-corrected chi connectivity index (χ1v) is 5.91. The molecule has 20 heavy (non-hydrogen) atoms. The Labute approximate surface area is 116 Å². The summed E-state index contributed by atoms with van der Waals surface area (Å²) in [5.41, 5.74) is 1.03. The van der Waals surface area contributed by atoms with Crippen molar-refractivity contribution in [1.29, 1.82) is 0 Å². The maximum absolute atomic E-state index is 11.6. The number of hydrogen-bond acceptors (Lipinski definition) is 4. The van der Waals surface area contributed by atoms with Crippen molar-refractivity contribution in [3.8, 4) is 5.75 Å². The number of methoxy groups -OCH3 is 1. The number of nitrogens with one attached hydrogen (secondary N) is 1. The van der Waals surface area contributed by atoms with E-state index in [4.69, 9.17) is 4.74 Å². The van der Waals surface area contributed by atoms with E-state index in [1.54, 1.807) is 24.3 Å². The third-order valence-electron chi connectivity index (χ3n) is 2.51. The minimum Gasteiger partial charge on any atom is -0.465 e. The summed E-state index contributed by atoms with van der Waals surface area (Å²) in [5.74, 6) is -0.101. The average molecular weight is 271 g/mol. The van der Waals surface area contributed by atoms with Gasteiger partial charge in [-0.2, -0.15) is 0 Å². The Morgan fingerprint density at radius 2 is 1.60 bits per heavy atom. The number of hydrogen-bond donors (Lipinski definition) is 1. The molecular formula is C15H13NO4. The average Bonchev–Trinajstić information content (AvgIpc) is 2.48. The van der Waals surface area contributed by atoms with Crippen LogP contribution in [0.4, 0.5) is 10.5 Å². The number of ether oxygens (including phenoxy) is 2. The second-order valence-corrected chi connectivity index (χ2v) is 3.90. The number of carbonyl (C=O) groups is 2. The summed E-state index contributed by atoms with van der Waals surface area (Å²) in [6, 6.07) is 15.1. The van der Waals surface area contributed by atoms with Crippen molar-refractivity contribution >= 4 is 17.7 Å². The van der Waals surface area contributed by atoms with Gasteiger partial charge in [0.15, 0.2) is 0 Å². The lowest BCUT2D eigenvalue weighted by molar-refractivity contribution is 0.0600. The molecule has 0 bridgehead atoms. The van der Waals surface area contributed by atoms with Crippen molar-refractivity contribution in [2.45, 2.75) is 0 Å². The molecule has 102 valence electrons. The largest absolute Gasteiger partial charge is 0.465 e. The molecule has 0 aliphatic carbocycles. The Balaban J connectivity index is 1.96. The smallest absolute Gasteiger partial charge is 0.417 e. The molecule has 0 saturated heterocycles. The lowest BCUT2D eigenvalue weighted by atomic mass is 10.2. The lowest BCUT2D eigenvalue weighted by Gasteiger charge is -2.06. The highest BCUT2D eigenvalue weighted by Crippen LogP contribution is 2.14. The molecule has 0 atom stereocenters. The second kappa shape index (κ2) is 6.38. The quantitative estimate of drug-likeness (QED) is 0.871. The van der Waals surface area contributed by atoms with Crippen LogP contribution in [0.5, 0.6) is 5.75 Å². The zero-order valence-electron chi connectivity index (χ0n) is 10.8. The fraction of sp³-hybridized carbons (Fsp3) is 0.0667. The highest BCUT2D eigenvalue weighted by atomic mass is 16.6. The Morgan fingerprint density at radius 1 is 0.950 bits per heavy atom. The molecule has 0 saturated carbocycles. The van der Waals surface area contributed by atoms with Crippen LogP contribution in [0.1, 0.15) is 10.4 Å². The number of carbonyl (C=O) groups excluding carboxylic acids is 2. The normalized spacial score (nSPS) is 9.65. The highest BCUT2D eigenvalue weighted by Gasteiger charge is 2.07. The first-order valence-electron chi connectivity index (χ1n) is 5.91. The molecule has 0 aliphatic rings. The molecule has 0 fully saturated rings. The van der Waals surface area contributed by atoms with Crippen molar-refractivity contribution in [2.24, 2.45) is 0 Å². The van der Waals surface area contributed by atoms with E-state index in [-0.39, 0.29) is 0 Å². The number of amides is 1. The molecular weight excluding hydrogens is 258 g/mol. The van der Waals surface area contributed by atoms with Crippen molar-refractivity contribution in [3.63, 3.8) is 0 Å². The number of benzene rings is 2. The predicted octanol–water partition coefficient (Wildman–Crippen LogP) is 3.08. The highest BCUT2D eigenvalue weighted by molar-refractivity contribution is 5.90. The minimum atomic E-state index is -0.595. The summed E-state index contributed by atoms with van der Waals surface area (Å²) >= 11 is 0. The lowest BCUT2D eigenvalue weighted by Crippen LogP contribution is -2.16. The van der Waals surface area contributed by atoms with E-state index in [1.807, 2.05) is 6.07 Å². The zero-order chi connectivity index (χ0) is 14.4. The maximum Gasteiger partial charge on any atom is 0.417 e. The second-order valence-electron chi connectivity index (χ2n) is 3.90. The van der Waals surface area contributed by atoms with E-state index in [0.717, 1.165) is 0 Å². The Bertz CT molecular complexity index is 593. The van der Waals surface area contributed by atoms with Gasteiger partial charge in [-0.3, -0.25) is 5.32 Å². The zero-order valence-corrected chi connectivity index (χ0v) is 10.8. The van der Waals surface area contributed by atoms with E-state index >= 15 is 0 Å².